The summed E-state index contributed by atoms with van der Waals surface area (Å²) in [6.45, 7) is 6.29. The Morgan fingerprint density at radius 1 is 1.21 bits per heavy atom. The van der Waals surface area contributed by atoms with Crippen molar-refractivity contribution < 1.29 is 4.74 Å². The van der Waals surface area contributed by atoms with Crippen molar-refractivity contribution in [3.8, 4) is 5.75 Å². The molecule has 0 aliphatic carbocycles. The van der Waals surface area contributed by atoms with Crippen LogP contribution in [0.5, 0.6) is 5.75 Å². The van der Waals surface area contributed by atoms with E-state index in [0.717, 1.165) is 29.5 Å². The van der Waals surface area contributed by atoms with E-state index >= 15 is 0 Å². The fraction of sp³-hybridized carbons (Fsp3) is 0.391. The summed E-state index contributed by atoms with van der Waals surface area (Å²) in [6.07, 6.45) is 4.32. The van der Waals surface area contributed by atoms with Gasteiger partial charge in [-0.2, -0.15) is 5.10 Å². The van der Waals surface area contributed by atoms with Gasteiger partial charge in [0.25, 0.3) is 0 Å². The molecule has 1 fully saturated rings. The number of piperidine rings is 1. The highest BCUT2D eigenvalue weighted by molar-refractivity contribution is 8.13. The number of thioether (sulfide) groups is 1. The second-order valence-corrected chi connectivity index (χ2v) is 8.39. The predicted octanol–water partition coefficient (Wildman–Crippen LogP) is 4.38. The van der Waals surface area contributed by atoms with Crippen LogP contribution in [0.4, 0.5) is 0 Å². The highest BCUT2D eigenvalue weighted by atomic mass is 32.2. The maximum atomic E-state index is 6.02. The van der Waals surface area contributed by atoms with Crippen molar-refractivity contribution in [1.29, 1.82) is 0 Å². The summed E-state index contributed by atoms with van der Waals surface area (Å²) < 4.78 is 6.02. The van der Waals surface area contributed by atoms with E-state index in [-0.39, 0.29) is 0 Å². The van der Waals surface area contributed by atoms with Crippen molar-refractivity contribution >= 4 is 23.1 Å². The summed E-state index contributed by atoms with van der Waals surface area (Å²) in [5.74, 6) is 2.39. The number of ether oxygens (including phenoxy) is 1. The molecule has 154 valence electrons. The van der Waals surface area contributed by atoms with E-state index in [0.29, 0.717) is 11.8 Å². The van der Waals surface area contributed by atoms with Crippen molar-refractivity contribution in [2.24, 2.45) is 21.9 Å². The summed E-state index contributed by atoms with van der Waals surface area (Å²) in [5.41, 5.74) is 8.08. The molecular weight excluding hydrogens is 380 g/mol. The summed E-state index contributed by atoms with van der Waals surface area (Å²) in [6, 6.07) is 18.1. The minimum atomic E-state index is 0.447. The van der Waals surface area contributed by atoms with E-state index in [1.807, 2.05) is 42.5 Å². The first-order valence-corrected chi connectivity index (χ1v) is 11.2. The molecule has 0 aromatic heterocycles. The molecular formula is C23H30N4OS. The molecule has 1 aliphatic heterocycles. The number of benzene rings is 2. The highest BCUT2D eigenvalue weighted by Crippen LogP contribution is 2.18. The first kappa shape index (κ1) is 21.4. The van der Waals surface area contributed by atoms with Gasteiger partial charge < -0.3 is 10.5 Å². The summed E-state index contributed by atoms with van der Waals surface area (Å²) in [5, 5.41) is 8.70. The lowest BCUT2D eigenvalue weighted by Crippen LogP contribution is -2.37. The third-order valence-electron chi connectivity index (χ3n) is 4.91. The number of likely N-dealkylation sites (tertiary alicyclic amines) is 1. The van der Waals surface area contributed by atoms with Gasteiger partial charge in [0.1, 0.15) is 12.4 Å². The monoisotopic (exact) mass is 410 g/mol. The molecule has 6 heteroatoms. The number of hydrogen-bond acceptors (Lipinski definition) is 5. The van der Waals surface area contributed by atoms with E-state index in [1.165, 1.54) is 43.3 Å². The molecule has 0 spiro atoms. The van der Waals surface area contributed by atoms with Crippen LogP contribution in [0.1, 0.15) is 30.9 Å². The van der Waals surface area contributed by atoms with Gasteiger partial charge in [-0.05, 0) is 43.0 Å². The Morgan fingerprint density at radius 2 is 2.00 bits per heavy atom. The molecule has 1 aliphatic rings. The van der Waals surface area contributed by atoms with Gasteiger partial charge in [0.15, 0.2) is 5.17 Å². The van der Waals surface area contributed by atoms with Crippen LogP contribution in [-0.4, -0.2) is 42.5 Å². The molecule has 29 heavy (non-hydrogen) atoms. The molecule has 0 radical (unpaired) electrons. The zero-order valence-electron chi connectivity index (χ0n) is 17.0. The van der Waals surface area contributed by atoms with E-state index < -0.39 is 0 Å². The Hall–Kier alpha value is -2.31. The lowest BCUT2D eigenvalue weighted by molar-refractivity contribution is 0.153. The van der Waals surface area contributed by atoms with Crippen molar-refractivity contribution in [3.05, 3.63) is 65.7 Å². The largest absolute Gasteiger partial charge is 0.492 e. The Bertz CT molecular complexity index is 810. The second kappa shape index (κ2) is 11.6. The molecule has 0 bridgehead atoms. The van der Waals surface area contributed by atoms with Crippen LogP contribution < -0.4 is 10.5 Å². The summed E-state index contributed by atoms with van der Waals surface area (Å²) in [7, 11) is 0. The Balaban J connectivity index is 1.48. The minimum absolute atomic E-state index is 0.447. The molecule has 3 rings (SSSR count). The van der Waals surface area contributed by atoms with Crippen molar-refractivity contribution in [2.75, 3.05) is 26.2 Å². The van der Waals surface area contributed by atoms with Gasteiger partial charge in [0.05, 0.1) is 6.21 Å². The fourth-order valence-corrected chi connectivity index (χ4v) is 4.01. The highest BCUT2D eigenvalue weighted by Gasteiger charge is 2.15. The fourth-order valence-electron chi connectivity index (χ4n) is 3.40. The van der Waals surface area contributed by atoms with Gasteiger partial charge in [-0.15, -0.1) is 5.10 Å². The third-order valence-corrected chi connectivity index (χ3v) is 5.76. The van der Waals surface area contributed by atoms with E-state index in [1.54, 1.807) is 6.21 Å². The third kappa shape index (κ3) is 7.55. The Labute approximate surface area is 178 Å². The maximum absolute atomic E-state index is 6.02. The molecule has 1 unspecified atom stereocenters. The van der Waals surface area contributed by atoms with E-state index in [4.69, 9.17) is 10.5 Å². The van der Waals surface area contributed by atoms with Crippen molar-refractivity contribution in [2.45, 2.75) is 25.5 Å². The topological polar surface area (TPSA) is 63.2 Å². The van der Waals surface area contributed by atoms with Gasteiger partial charge in [-0.1, -0.05) is 61.2 Å². The molecule has 2 aromatic carbocycles. The van der Waals surface area contributed by atoms with Crippen LogP contribution in [0.15, 0.2) is 64.8 Å². The summed E-state index contributed by atoms with van der Waals surface area (Å²) >= 11 is 1.48. The van der Waals surface area contributed by atoms with Crippen LogP contribution in [0.25, 0.3) is 0 Å². The Morgan fingerprint density at radius 3 is 2.83 bits per heavy atom. The molecule has 1 saturated heterocycles. The lowest BCUT2D eigenvalue weighted by atomic mass is 10.0. The SMILES string of the molecule is CC1CCCN(CCOc2ccccc2C=NN=C(N)SCc2ccccc2)C1. The Kier molecular flexibility index (Phi) is 8.58. The zero-order valence-corrected chi connectivity index (χ0v) is 17.9. The number of nitrogens with two attached hydrogens (primary N) is 1. The second-order valence-electron chi connectivity index (χ2n) is 7.39. The normalized spacial score (nSPS) is 18.2. The van der Waals surface area contributed by atoms with Gasteiger partial charge in [0.2, 0.25) is 0 Å². The lowest BCUT2D eigenvalue weighted by Gasteiger charge is -2.30. The molecule has 0 saturated carbocycles. The first-order chi connectivity index (χ1) is 14.2. The number of para-hydroxylation sites is 1. The molecule has 2 N–H and O–H groups in total. The van der Waals surface area contributed by atoms with Crippen LogP contribution >= 0.6 is 11.8 Å². The van der Waals surface area contributed by atoms with Gasteiger partial charge >= 0.3 is 0 Å². The van der Waals surface area contributed by atoms with Gasteiger partial charge in [-0.3, -0.25) is 4.90 Å². The molecule has 0 amide bonds. The zero-order chi connectivity index (χ0) is 20.3. The first-order valence-electron chi connectivity index (χ1n) is 10.2. The van der Waals surface area contributed by atoms with Crippen LogP contribution in [0.2, 0.25) is 0 Å². The maximum Gasteiger partial charge on any atom is 0.180 e. The molecule has 2 aromatic rings. The molecule has 1 atom stereocenters. The van der Waals surface area contributed by atoms with Gasteiger partial charge in [0, 0.05) is 24.4 Å². The van der Waals surface area contributed by atoms with E-state index in [9.17, 15) is 0 Å². The number of nitrogens with zero attached hydrogens (tertiary/aromatic N) is 3. The number of amidine groups is 1. The minimum Gasteiger partial charge on any atom is -0.492 e. The van der Waals surface area contributed by atoms with Crippen LogP contribution in [-0.2, 0) is 5.75 Å². The average molecular weight is 411 g/mol. The smallest absolute Gasteiger partial charge is 0.180 e. The quantitative estimate of drug-likeness (QED) is 0.398. The van der Waals surface area contributed by atoms with Crippen molar-refractivity contribution in [3.63, 3.8) is 0 Å². The van der Waals surface area contributed by atoms with Crippen molar-refractivity contribution in [1.82, 2.24) is 4.90 Å². The van der Waals surface area contributed by atoms with Crippen LogP contribution in [0.3, 0.4) is 0 Å². The van der Waals surface area contributed by atoms with Crippen LogP contribution in [0, 0.1) is 5.92 Å². The molecule has 5 nitrogen and oxygen atoms in total. The average Bonchev–Trinajstić information content (AvgIpc) is 2.74. The predicted molar refractivity (Wildman–Crippen MR) is 124 cm³/mol. The van der Waals surface area contributed by atoms with E-state index in [2.05, 4.69) is 34.2 Å². The van der Waals surface area contributed by atoms with Gasteiger partial charge in [-0.25, -0.2) is 0 Å². The summed E-state index contributed by atoms with van der Waals surface area (Å²) in [4.78, 5) is 2.49. The molecule has 1 heterocycles. The number of rotatable bonds is 8. The standard InChI is InChI=1S/C23H30N4OS/c1-19-8-7-13-27(17-19)14-15-28-22-12-6-5-11-21(22)16-25-26-23(24)29-18-20-9-3-2-4-10-20/h2-6,9-12,16,19H,7-8,13-15,17-18H2,1H3,(H2,24,26). The number of hydrogen-bond donors (Lipinski definition) is 1.